The molecule has 0 bridgehead atoms. The highest BCUT2D eigenvalue weighted by Crippen LogP contribution is 2.34. The van der Waals surface area contributed by atoms with Crippen LogP contribution in [0.4, 0.5) is 5.69 Å². The number of hydrogen-bond donors (Lipinski definition) is 1. The Morgan fingerprint density at radius 2 is 1.69 bits per heavy atom. The van der Waals surface area contributed by atoms with E-state index in [0.29, 0.717) is 30.2 Å². The van der Waals surface area contributed by atoms with E-state index in [1.54, 1.807) is 24.3 Å². The number of anilines is 1. The Kier molecular flexibility index (Phi) is 8.72. The van der Waals surface area contributed by atoms with E-state index < -0.39 is 28.6 Å². The molecule has 2 amide bonds. The Morgan fingerprint density at radius 3 is 2.41 bits per heavy atom. The van der Waals surface area contributed by atoms with E-state index in [1.807, 2.05) is 30.3 Å². The maximum Gasteiger partial charge on any atom is 0.262 e. The molecule has 1 heterocycles. The average Bonchev–Trinajstić information content (AvgIpc) is 2.96. The largest absolute Gasteiger partial charge is 0.493 e. The first-order valence-electron chi connectivity index (χ1n) is 12.3. The fourth-order valence-electron chi connectivity index (χ4n) is 4.21. The minimum atomic E-state index is -4.04. The summed E-state index contributed by atoms with van der Waals surface area (Å²) in [5.41, 5.74) is 1.55. The zero-order chi connectivity index (χ0) is 28.0. The Labute approximate surface area is 228 Å². The molecule has 0 fully saturated rings. The second kappa shape index (κ2) is 12.2. The fourth-order valence-corrected chi connectivity index (χ4v) is 5.35. The number of hydrogen-bond acceptors (Lipinski definition) is 7. The van der Waals surface area contributed by atoms with Gasteiger partial charge in [-0.15, -0.1) is 0 Å². The monoisotopic (exact) mass is 553 g/mol. The summed E-state index contributed by atoms with van der Waals surface area (Å²) in [4.78, 5) is 27.7. The summed E-state index contributed by atoms with van der Waals surface area (Å²) < 4.78 is 43.7. The lowest BCUT2D eigenvalue weighted by Gasteiger charge is -2.35. The minimum absolute atomic E-state index is 0.0477. The number of amides is 2. The van der Waals surface area contributed by atoms with Gasteiger partial charge in [0, 0.05) is 19.7 Å². The summed E-state index contributed by atoms with van der Waals surface area (Å²) in [7, 11) is 0.148. The first-order valence-corrected chi connectivity index (χ1v) is 13.7. The zero-order valence-corrected chi connectivity index (χ0v) is 22.8. The number of para-hydroxylation sites is 2. The number of carbonyl (C=O) groups is 2. The number of rotatable bonds is 10. The second-order valence-corrected chi connectivity index (χ2v) is 10.9. The topological polar surface area (TPSA) is 114 Å². The van der Waals surface area contributed by atoms with E-state index in [-0.39, 0.29) is 23.1 Å². The van der Waals surface area contributed by atoms with Gasteiger partial charge in [0.05, 0.1) is 37.9 Å². The number of ether oxygens (including phenoxy) is 3. The smallest absolute Gasteiger partial charge is 0.262 e. The van der Waals surface area contributed by atoms with E-state index >= 15 is 0 Å². The molecule has 0 saturated heterocycles. The number of benzene rings is 3. The lowest BCUT2D eigenvalue weighted by Crippen LogP contribution is -2.52. The van der Waals surface area contributed by atoms with Gasteiger partial charge in [0.25, 0.3) is 5.91 Å². The summed E-state index contributed by atoms with van der Waals surface area (Å²) in [6.07, 6.45) is -0.301. The van der Waals surface area contributed by atoms with Gasteiger partial charge >= 0.3 is 0 Å². The van der Waals surface area contributed by atoms with Crippen molar-refractivity contribution in [1.82, 2.24) is 9.62 Å². The van der Waals surface area contributed by atoms with Gasteiger partial charge in [-0.2, -0.15) is 4.31 Å². The standard InChI is InChI=1S/C28H31N3O7S/c1-30(39(34,35)21-13-14-24(36-2)25(17-21)37-3)19-27(32)31-18-26(38-23-12-8-7-11-22(23)31)28(33)29-16-15-20-9-5-4-6-10-20/h4-14,17,26H,15-16,18-19H2,1-3H3,(H,29,33)/t26-/m0/s1. The molecule has 1 N–H and O–H groups in total. The van der Waals surface area contributed by atoms with Crippen molar-refractivity contribution in [2.75, 3.05) is 45.8 Å². The molecular weight excluding hydrogens is 522 g/mol. The van der Waals surface area contributed by atoms with E-state index in [0.717, 1.165) is 9.87 Å². The summed E-state index contributed by atoms with van der Waals surface area (Å²) in [6.45, 7) is -0.102. The highest BCUT2D eigenvalue weighted by molar-refractivity contribution is 7.89. The SMILES string of the molecule is COc1ccc(S(=O)(=O)N(C)CC(=O)N2C[C@@H](C(=O)NCCc3ccccc3)Oc3ccccc32)cc1OC. The Balaban J connectivity index is 1.47. The number of sulfonamides is 1. The van der Waals surface area contributed by atoms with Gasteiger partial charge in [-0.1, -0.05) is 42.5 Å². The molecule has 206 valence electrons. The molecule has 1 aliphatic rings. The normalized spacial score (nSPS) is 14.8. The van der Waals surface area contributed by atoms with Crippen molar-refractivity contribution in [2.24, 2.45) is 0 Å². The molecule has 1 atom stereocenters. The molecule has 0 saturated carbocycles. The van der Waals surface area contributed by atoms with Crippen molar-refractivity contribution in [3.05, 3.63) is 78.4 Å². The number of methoxy groups -OCH3 is 2. The van der Waals surface area contributed by atoms with Gasteiger partial charge in [0.15, 0.2) is 17.6 Å². The molecule has 39 heavy (non-hydrogen) atoms. The molecule has 3 aromatic carbocycles. The van der Waals surface area contributed by atoms with Crippen molar-refractivity contribution < 1.29 is 32.2 Å². The molecular formula is C28H31N3O7S. The fraction of sp³-hybridized carbons (Fsp3) is 0.286. The number of fused-ring (bicyclic) bond motifs is 1. The Hall–Kier alpha value is -4.09. The Bertz CT molecular complexity index is 1430. The van der Waals surface area contributed by atoms with E-state index in [9.17, 15) is 18.0 Å². The maximum absolute atomic E-state index is 13.4. The first kappa shape index (κ1) is 27.9. The van der Waals surface area contributed by atoms with Crippen LogP contribution in [0.15, 0.2) is 77.7 Å². The maximum atomic E-state index is 13.4. The predicted octanol–water partition coefficient (Wildman–Crippen LogP) is 2.48. The van der Waals surface area contributed by atoms with Crippen LogP contribution in [-0.2, 0) is 26.0 Å². The number of likely N-dealkylation sites (N-methyl/N-ethyl adjacent to an activating group) is 1. The van der Waals surface area contributed by atoms with Gasteiger partial charge in [-0.3, -0.25) is 9.59 Å². The molecule has 0 aromatic heterocycles. The van der Waals surface area contributed by atoms with Crippen LogP contribution in [0.2, 0.25) is 0 Å². The van der Waals surface area contributed by atoms with Gasteiger partial charge in [0.1, 0.15) is 5.75 Å². The third-order valence-corrected chi connectivity index (χ3v) is 8.14. The lowest BCUT2D eigenvalue weighted by atomic mass is 10.1. The van der Waals surface area contributed by atoms with Crippen LogP contribution in [-0.4, -0.2) is 71.5 Å². The molecule has 11 heteroatoms. The number of nitrogens with one attached hydrogen (secondary N) is 1. The molecule has 0 unspecified atom stereocenters. The lowest BCUT2D eigenvalue weighted by molar-refractivity contribution is -0.128. The molecule has 4 rings (SSSR count). The third-order valence-electron chi connectivity index (χ3n) is 6.34. The van der Waals surface area contributed by atoms with E-state index in [1.165, 1.54) is 44.4 Å². The highest BCUT2D eigenvalue weighted by atomic mass is 32.2. The summed E-state index contributed by atoms with van der Waals surface area (Å²) >= 11 is 0. The molecule has 0 spiro atoms. The molecule has 3 aromatic rings. The Morgan fingerprint density at radius 1 is 1.00 bits per heavy atom. The van der Waals surface area contributed by atoms with Gasteiger partial charge in [-0.25, -0.2) is 8.42 Å². The van der Waals surface area contributed by atoms with Crippen LogP contribution in [0.3, 0.4) is 0 Å². The molecule has 0 radical (unpaired) electrons. The molecule has 0 aliphatic carbocycles. The van der Waals surface area contributed by atoms with Crippen molar-refractivity contribution in [2.45, 2.75) is 17.4 Å². The van der Waals surface area contributed by atoms with E-state index in [4.69, 9.17) is 14.2 Å². The predicted molar refractivity (Wildman–Crippen MR) is 146 cm³/mol. The van der Waals surface area contributed by atoms with E-state index in [2.05, 4.69) is 5.32 Å². The first-order chi connectivity index (χ1) is 18.7. The van der Waals surface area contributed by atoms with Crippen LogP contribution in [0, 0.1) is 0 Å². The van der Waals surface area contributed by atoms with Crippen molar-refractivity contribution in [3.8, 4) is 17.2 Å². The van der Waals surface area contributed by atoms with Gasteiger partial charge in [0.2, 0.25) is 15.9 Å². The summed E-state index contributed by atoms with van der Waals surface area (Å²) in [6, 6.07) is 20.8. The van der Waals surface area contributed by atoms with Crippen LogP contribution >= 0.6 is 0 Å². The van der Waals surface area contributed by atoms with Gasteiger partial charge < -0.3 is 24.4 Å². The molecule has 10 nitrogen and oxygen atoms in total. The summed E-state index contributed by atoms with van der Waals surface area (Å²) in [5.74, 6) is 0.143. The van der Waals surface area contributed by atoms with Crippen LogP contribution in [0.1, 0.15) is 5.56 Å². The zero-order valence-electron chi connectivity index (χ0n) is 22.0. The van der Waals surface area contributed by atoms with Crippen LogP contribution in [0.25, 0.3) is 0 Å². The number of nitrogens with zero attached hydrogens (tertiary/aromatic N) is 2. The van der Waals surface area contributed by atoms with Crippen molar-refractivity contribution >= 4 is 27.5 Å². The molecule has 1 aliphatic heterocycles. The average molecular weight is 554 g/mol. The quantitative estimate of drug-likeness (QED) is 0.410. The van der Waals surface area contributed by atoms with Gasteiger partial charge in [-0.05, 0) is 36.2 Å². The van der Waals surface area contributed by atoms with Crippen LogP contribution in [0.5, 0.6) is 17.2 Å². The summed E-state index contributed by atoms with van der Waals surface area (Å²) in [5, 5.41) is 2.87. The third kappa shape index (κ3) is 6.32. The van der Waals surface area contributed by atoms with Crippen molar-refractivity contribution in [3.63, 3.8) is 0 Å². The minimum Gasteiger partial charge on any atom is -0.493 e. The van der Waals surface area contributed by atoms with Crippen molar-refractivity contribution in [1.29, 1.82) is 0 Å². The number of carbonyl (C=O) groups excluding carboxylic acids is 2. The highest BCUT2D eigenvalue weighted by Gasteiger charge is 2.35. The van der Waals surface area contributed by atoms with Crippen LogP contribution < -0.4 is 24.4 Å². The second-order valence-electron chi connectivity index (χ2n) is 8.88.